The van der Waals surface area contributed by atoms with Crippen molar-refractivity contribution >= 4 is 53.1 Å². The minimum Gasteiger partial charge on any atom is -0.478 e. The number of carboxylic acids is 2. The molecule has 4 unspecified atom stereocenters. The summed E-state index contributed by atoms with van der Waals surface area (Å²) in [5.74, 6) is -9.33. The predicted octanol–water partition coefficient (Wildman–Crippen LogP) is 2.20. The largest absolute Gasteiger partial charge is 0.478 e. The number of ketones is 1. The average molecular weight is 831 g/mol. The Kier molecular flexibility index (Phi) is 12.3. The van der Waals surface area contributed by atoms with E-state index in [2.05, 4.69) is 21.9 Å². The van der Waals surface area contributed by atoms with Crippen LogP contribution in [0, 0.1) is 31.6 Å². The van der Waals surface area contributed by atoms with Gasteiger partial charge in [0, 0.05) is 71.5 Å². The van der Waals surface area contributed by atoms with Gasteiger partial charge in [-0.2, -0.15) is 0 Å². The summed E-state index contributed by atoms with van der Waals surface area (Å²) in [6.45, 7) is 10.7. The van der Waals surface area contributed by atoms with E-state index in [1.165, 1.54) is 6.08 Å². The van der Waals surface area contributed by atoms with E-state index in [0.717, 1.165) is 24.3 Å². The van der Waals surface area contributed by atoms with Crippen molar-refractivity contribution < 1.29 is 68.2 Å². The molecule has 1 amide bonds. The number of hydrogen-bond donors (Lipinski definition) is 7. The number of aldehydes is 1. The molecule has 0 saturated carbocycles. The second-order valence-corrected chi connectivity index (χ2v) is 15.2. The Bertz CT molecular complexity index is 2340. The van der Waals surface area contributed by atoms with Crippen LogP contribution >= 0.6 is 0 Å². The third-order valence-corrected chi connectivity index (χ3v) is 11.9. The Labute approximate surface area is 343 Å². The van der Waals surface area contributed by atoms with E-state index in [4.69, 9.17) is 19.2 Å². The molecule has 2 aromatic heterocycles. The molecular formula is C42H46N4O14. The van der Waals surface area contributed by atoms with Crippen molar-refractivity contribution in [2.45, 2.75) is 84.2 Å². The van der Waals surface area contributed by atoms with Crippen molar-refractivity contribution in [1.82, 2.24) is 15.3 Å². The van der Waals surface area contributed by atoms with E-state index in [0.29, 0.717) is 57.2 Å². The lowest BCUT2D eigenvalue weighted by Crippen LogP contribution is -2.49. The summed E-state index contributed by atoms with van der Waals surface area (Å²) >= 11 is 0. The zero-order valence-corrected chi connectivity index (χ0v) is 33.5. The zero-order valence-electron chi connectivity index (χ0n) is 33.5. The number of rotatable bonds is 15. The number of aliphatic imine (C=N–C) groups is 1. The average Bonchev–Trinajstić information content (AvgIpc) is 3.95. The second-order valence-electron chi connectivity index (χ2n) is 15.2. The lowest BCUT2D eigenvalue weighted by molar-refractivity contribution is -0.179. The van der Waals surface area contributed by atoms with Crippen LogP contribution in [0.5, 0.6) is 0 Å². The second kappa shape index (κ2) is 17.1. The predicted molar refractivity (Wildman–Crippen MR) is 210 cm³/mol. The van der Waals surface area contributed by atoms with Crippen LogP contribution in [0.4, 0.5) is 0 Å². The summed E-state index contributed by atoms with van der Waals surface area (Å²) in [4.78, 5) is 101. The van der Waals surface area contributed by atoms with Gasteiger partial charge in [0.25, 0.3) is 5.91 Å². The molecule has 0 radical (unpaired) electrons. The van der Waals surface area contributed by atoms with Gasteiger partial charge in [0.15, 0.2) is 18.2 Å². The molecule has 60 heavy (non-hydrogen) atoms. The standard InChI is InChI=1S/C42H46N4O14/c1-7-20-16(2)24(46-39(20)52)12-23-18(4)22(8-9-30(50)60-37-28(49)14-29(40(53)54)59-38(37)41(55)56)34(44-23)32-33(42(57)58-6)36(51)31-19(5)25(45-35(31)32)13-26-21(10-11-47)17(3)27(15-48)43-26/h7,14-15,18,22,24,28,33,37-38,43,45,47,49H,1,8-13H2,2-6H3,(H,46,52)(H,53,54)(H,55,56)/b34-32+/t18-,22-,24?,28?,33+,37?,38?/m0/s1. The zero-order chi connectivity index (χ0) is 43.9. The van der Waals surface area contributed by atoms with E-state index < -0.39 is 77.5 Å². The van der Waals surface area contributed by atoms with Gasteiger partial charge in [-0.15, -0.1) is 0 Å². The number of methoxy groups -OCH3 is 1. The molecule has 1 aliphatic carbocycles. The van der Waals surface area contributed by atoms with Crippen LogP contribution in [0.25, 0.3) is 5.57 Å². The molecule has 0 spiro atoms. The summed E-state index contributed by atoms with van der Waals surface area (Å²) in [5.41, 5.74) is 6.40. The molecule has 2 aromatic rings. The molecule has 318 valence electrons. The fourth-order valence-corrected chi connectivity index (χ4v) is 8.65. The van der Waals surface area contributed by atoms with Crippen molar-refractivity contribution in [2.24, 2.45) is 22.7 Å². The number of aliphatic hydroxyl groups excluding tert-OH is 2. The number of fused-ring (bicyclic) bond motifs is 1. The molecule has 7 atom stereocenters. The molecule has 0 aromatic carbocycles. The number of hydrogen-bond acceptors (Lipinski definition) is 13. The highest BCUT2D eigenvalue weighted by Crippen LogP contribution is 2.49. The number of nitrogens with one attached hydrogen (secondary N) is 3. The van der Waals surface area contributed by atoms with Crippen molar-refractivity contribution in [3.8, 4) is 0 Å². The molecule has 7 N–H and O–H groups in total. The van der Waals surface area contributed by atoms with Crippen LogP contribution < -0.4 is 5.32 Å². The first-order valence-electron chi connectivity index (χ1n) is 19.2. The maximum Gasteiger partial charge on any atom is 0.370 e. The van der Waals surface area contributed by atoms with Crippen LogP contribution in [0.15, 0.2) is 46.3 Å². The molecule has 0 fully saturated rings. The number of amides is 1. The number of aliphatic carboxylic acids is 2. The van der Waals surface area contributed by atoms with Gasteiger partial charge in [-0.3, -0.25) is 29.0 Å². The minimum absolute atomic E-state index is 0.0159. The van der Waals surface area contributed by atoms with Crippen LogP contribution in [-0.2, 0) is 51.0 Å². The molecule has 18 nitrogen and oxygen atoms in total. The Hall–Kier alpha value is -6.40. The highest BCUT2D eigenvalue weighted by atomic mass is 16.6. The topological polar surface area (TPSA) is 284 Å². The van der Waals surface area contributed by atoms with E-state index in [-0.39, 0.29) is 55.8 Å². The Morgan fingerprint density at radius 3 is 2.38 bits per heavy atom. The molecule has 18 heteroatoms. The van der Waals surface area contributed by atoms with Crippen LogP contribution in [0.3, 0.4) is 0 Å². The molecule has 5 heterocycles. The Morgan fingerprint density at radius 1 is 1.07 bits per heavy atom. The summed E-state index contributed by atoms with van der Waals surface area (Å²) in [7, 11) is 1.15. The highest BCUT2D eigenvalue weighted by Gasteiger charge is 2.49. The number of aliphatic hydroxyl groups is 2. The van der Waals surface area contributed by atoms with Gasteiger partial charge in [0.05, 0.1) is 30.2 Å². The number of ether oxygens (including phenoxy) is 3. The minimum atomic E-state index is -2.02. The molecule has 3 aliphatic heterocycles. The smallest absolute Gasteiger partial charge is 0.370 e. The molecule has 0 saturated heterocycles. The number of aromatic nitrogens is 2. The van der Waals surface area contributed by atoms with Gasteiger partial charge in [-0.05, 0) is 62.0 Å². The summed E-state index contributed by atoms with van der Waals surface area (Å²) in [5, 5.41) is 42.3. The summed E-state index contributed by atoms with van der Waals surface area (Å²) < 4.78 is 15.5. The van der Waals surface area contributed by atoms with Gasteiger partial charge in [-0.25, -0.2) is 9.59 Å². The summed E-state index contributed by atoms with van der Waals surface area (Å²) in [6.07, 6.45) is -2.42. The number of nitrogens with zero attached hydrogens (tertiary/aromatic N) is 1. The molecule has 0 bridgehead atoms. The first kappa shape index (κ1) is 43.2. The SMILES string of the molecule is C=CC1=C(C)C(CC2=N/C(=C3/c4[nH]c(Cc5[nH]c(C=O)c(C)c5CCO)c(C)c4C(=O)[C@@H]3C(=O)OC)[C@@H](CCC(=O)OC3C(O)C=C(C(=O)O)OC3C(=O)O)[C@@H]2C)NC1=O. The summed E-state index contributed by atoms with van der Waals surface area (Å²) in [6, 6.07) is -0.462. The Balaban J connectivity index is 1.42. The van der Waals surface area contributed by atoms with E-state index >= 15 is 0 Å². The molecule has 6 rings (SSSR count). The number of esters is 2. The molecular weight excluding hydrogens is 784 g/mol. The maximum atomic E-state index is 14.3. The first-order valence-corrected chi connectivity index (χ1v) is 19.2. The van der Waals surface area contributed by atoms with Crippen molar-refractivity contribution in [2.75, 3.05) is 13.7 Å². The normalized spacial score (nSPS) is 25.9. The third-order valence-electron chi connectivity index (χ3n) is 11.9. The lowest BCUT2D eigenvalue weighted by atomic mass is 9.82. The van der Waals surface area contributed by atoms with Crippen molar-refractivity contribution in [3.63, 3.8) is 0 Å². The monoisotopic (exact) mass is 830 g/mol. The van der Waals surface area contributed by atoms with Crippen molar-refractivity contribution in [3.05, 3.63) is 86.4 Å². The third kappa shape index (κ3) is 7.63. The van der Waals surface area contributed by atoms with Crippen LogP contribution in [0.2, 0.25) is 0 Å². The van der Waals surface area contributed by atoms with E-state index in [9.17, 15) is 54.0 Å². The number of Topliss-reactive ketones (excluding diaryl/α,β-unsaturated/α-hetero) is 1. The van der Waals surface area contributed by atoms with E-state index in [1.807, 2.05) is 6.92 Å². The van der Waals surface area contributed by atoms with Crippen molar-refractivity contribution in [1.29, 1.82) is 0 Å². The van der Waals surface area contributed by atoms with E-state index in [1.54, 1.807) is 20.8 Å². The Morgan fingerprint density at radius 2 is 1.78 bits per heavy atom. The van der Waals surface area contributed by atoms with Gasteiger partial charge < -0.3 is 49.9 Å². The fraction of sp³-hybridized carbons (Fsp3) is 0.429. The first-order chi connectivity index (χ1) is 28.5. The van der Waals surface area contributed by atoms with Gasteiger partial charge in [0.1, 0.15) is 12.0 Å². The number of aromatic amines is 2. The highest BCUT2D eigenvalue weighted by molar-refractivity contribution is 6.24. The van der Waals surface area contributed by atoms with Gasteiger partial charge in [0.2, 0.25) is 11.9 Å². The fourth-order valence-electron chi connectivity index (χ4n) is 8.65. The molecule has 4 aliphatic rings. The van der Waals surface area contributed by atoms with Gasteiger partial charge >= 0.3 is 23.9 Å². The lowest BCUT2D eigenvalue weighted by Gasteiger charge is -2.31. The number of allylic oxidation sites excluding steroid dienone is 1. The number of carbonyl (C=O) groups is 7. The van der Waals surface area contributed by atoms with Crippen LogP contribution in [0.1, 0.15) is 87.7 Å². The number of carbonyl (C=O) groups excluding carboxylic acids is 5. The number of carboxylic acid groups (broad SMARTS) is 2. The number of H-pyrrole nitrogens is 2. The quantitative estimate of drug-likeness (QED) is 0.0770. The maximum absolute atomic E-state index is 14.3. The van der Waals surface area contributed by atoms with Gasteiger partial charge in [-0.1, -0.05) is 19.6 Å². The van der Waals surface area contributed by atoms with Crippen LogP contribution in [-0.4, -0.2) is 116 Å².